The molecule has 0 radical (unpaired) electrons. The van der Waals surface area contributed by atoms with Crippen molar-refractivity contribution in [3.63, 3.8) is 0 Å². The molecule has 3 aromatic rings. The number of halogens is 1. The molecule has 1 aromatic carbocycles. The van der Waals surface area contributed by atoms with Crippen molar-refractivity contribution in [2.75, 3.05) is 5.32 Å². The number of nitrogens with zero attached hydrogens (tertiary/aromatic N) is 2. The lowest BCUT2D eigenvalue weighted by Crippen LogP contribution is -2.32. The first kappa shape index (κ1) is 19.8. The summed E-state index contributed by atoms with van der Waals surface area (Å²) in [4.78, 5) is 44.4. The van der Waals surface area contributed by atoms with Crippen LogP contribution in [0.2, 0.25) is 5.02 Å². The Kier molecular flexibility index (Phi) is 5.38. The van der Waals surface area contributed by atoms with Gasteiger partial charge in [-0.25, -0.2) is 9.78 Å². The average Bonchev–Trinajstić information content (AvgIpc) is 2.63. The maximum Gasteiger partial charge on any atom is 0.329 e. The second-order valence-electron chi connectivity index (χ2n) is 6.87. The quantitative estimate of drug-likeness (QED) is 0.701. The number of hydrogen-bond donors (Lipinski definition) is 2. The van der Waals surface area contributed by atoms with Gasteiger partial charge < -0.3 is 5.32 Å². The Labute approximate surface area is 166 Å². The van der Waals surface area contributed by atoms with Crippen molar-refractivity contribution >= 4 is 34.2 Å². The van der Waals surface area contributed by atoms with Gasteiger partial charge >= 0.3 is 5.69 Å². The number of benzene rings is 1. The summed E-state index contributed by atoms with van der Waals surface area (Å²) < 4.78 is 1.35. The Morgan fingerprint density at radius 1 is 1.29 bits per heavy atom. The highest BCUT2D eigenvalue weighted by molar-refractivity contribution is 6.31. The van der Waals surface area contributed by atoms with Gasteiger partial charge in [-0.2, -0.15) is 0 Å². The number of aryl methyl sites for hydroxylation is 2. The molecule has 2 N–H and O–H groups in total. The number of pyridine rings is 1. The Hall–Kier alpha value is -2.93. The monoisotopic (exact) mass is 400 g/mol. The lowest BCUT2D eigenvalue weighted by atomic mass is 10.0. The predicted molar refractivity (Wildman–Crippen MR) is 111 cm³/mol. The summed E-state index contributed by atoms with van der Waals surface area (Å²) >= 11 is 6.13. The normalized spacial score (nSPS) is 11.2. The SMILES string of the molecule is CCn1c(=O)[nH]c(=O)c2c(C(=O)Nc3ccc(C)c(Cl)c3)cc(C(C)C)nc21. The van der Waals surface area contributed by atoms with Crippen LogP contribution in [-0.4, -0.2) is 20.4 Å². The molecule has 0 unspecified atom stereocenters. The molecule has 0 spiro atoms. The third-order valence-corrected chi connectivity index (χ3v) is 4.96. The molecule has 28 heavy (non-hydrogen) atoms. The van der Waals surface area contributed by atoms with E-state index in [-0.39, 0.29) is 22.5 Å². The molecule has 1 amide bonds. The van der Waals surface area contributed by atoms with Gasteiger partial charge in [0, 0.05) is 22.9 Å². The van der Waals surface area contributed by atoms with E-state index in [1.165, 1.54) is 4.57 Å². The second kappa shape index (κ2) is 7.59. The zero-order valence-corrected chi connectivity index (χ0v) is 16.8. The molecule has 7 nitrogen and oxygen atoms in total. The summed E-state index contributed by atoms with van der Waals surface area (Å²) in [7, 11) is 0. The maximum absolute atomic E-state index is 13.0. The lowest BCUT2D eigenvalue weighted by Gasteiger charge is -2.14. The number of anilines is 1. The molecule has 0 atom stereocenters. The molecule has 0 aliphatic carbocycles. The number of amides is 1. The van der Waals surface area contributed by atoms with Crippen LogP contribution in [0.5, 0.6) is 0 Å². The van der Waals surface area contributed by atoms with Crippen molar-refractivity contribution in [1.82, 2.24) is 14.5 Å². The number of rotatable bonds is 4. The number of hydrogen-bond acceptors (Lipinski definition) is 4. The van der Waals surface area contributed by atoms with E-state index < -0.39 is 17.2 Å². The van der Waals surface area contributed by atoms with Crippen molar-refractivity contribution in [3.05, 3.63) is 66.9 Å². The molecule has 146 valence electrons. The van der Waals surface area contributed by atoms with E-state index >= 15 is 0 Å². The van der Waals surface area contributed by atoms with E-state index in [1.54, 1.807) is 31.2 Å². The number of fused-ring (bicyclic) bond motifs is 1. The van der Waals surface area contributed by atoms with Crippen molar-refractivity contribution in [2.24, 2.45) is 0 Å². The molecule has 0 aliphatic rings. The first-order valence-corrected chi connectivity index (χ1v) is 9.36. The summed E-state index contributed by atoms with van der Waals surface area (Å²) in [5.41, 5.74) is 1.19. The number of carbonyl (C=O) groups is 1. The maximum atomic E-state index is 13.0. The smallest absolute Gasteiger partial charge is 0.322 e. The average molecular weight is 401 g/mol. The lowest BCUT2D eigenvalue weighted by molar-refractivity contribution is 0.102. The fourth-order valence-corrected chi connectivity index (χ4v) is 3.11. The molecule has 0 fully saturated rings. The summed E-state index contributed by atoms with van der Waals surface area (Å²) in [6.45, 7) is 7.81. The summed E-state index contributed by atoms with van der Waals surface area (Å²) in [6, 6.07) is 6.77. The largest absolute Gasteiger partial charge is 0.329 e. The number of carbonyl (C=O) groups excluding carboxylic acids is 1. The van der Waals surface area contributed by atoms with Gasteiger partial charge in [0.2, 0.25) is 0 Å². The highest BCUT2D eigenvalue weighted by Gasteiger charge is 2.20. The van der Waals surface area contributed by atoms with Crippen LogP contribution in [0.3, 0.4) is 0 Å². The van der Waals surface area contributed by atoms with Gasteiger partial charge in [-0.1, -0.05) is 31.5 Å². The van der Waals surface area contributed by atoms with Crippen LogP contribution in [0, 0.1) is 6.92 Å². The molecular weight excluding hydrogens is 380 g/mol. The van der Waals surface area contributed by atoms with Crippen LogP contribution in [0.4, 0.5) is 5.69 Å². The van der Waals surface area contributed by atoms with E-state index in [1.807, 2.05) is 20.8 Å². The van der Waals surface area contributed by atoms with Crippen molar-refractivity contribution in [2.45, 2.75) is 40.2 Å². The summed E-state index contributed by atoms with van der Waals surface area (Å²) in [5.74, 6) is -0.467. The Morgan fingerprint density at radius 2 is 2.00 bits per heavy atom. The molecule has 3 rings (SSSR count). The standard InChI is InChI=1S/C20H21ClN4O3/c1-5-25-17-16(19(27)24-20(25)28)13(9-15(23-17)10(2)3)18(26)22-12-7-6-11(4)14(21)8-12/h6-10H,5H2,1-4H3,(H,22,26)(H,24,27,28). The van der Waals surface area contributed by atoms with Crippen molar-refractivity contribution in [1.29, 1.82) is 0 Å². The molecule has 0 saturated heterocycles. The first-order valence-electron chi connectivity index (χ1n) is 8.98. The molecule has 0 saturated carbocycles. The number of nitrogens with one attached hydrogen (secondary N) is 2. The zero-order chi connectivity index (χ0) is 20.6. The summed E-state index contributed by atoms with van der Waals surface area (Å²) in [6.07, 6.45) is 0. The number of H-pyrrole nitrogens is 1. The van der Waals surface area contributed by atoms with E-state index in [4.69, 9.17) is 11.6 Å². The minimum absolute atomic E-state index is 0.00413. The van der Waals surface area contributed by atoms with Crippen molar-refractivity contribution in [3.8, 4) is 0 Å². The molecule has 2 aromatic heterocycles. The van der Waals surface area contributed by atoms with Gasteiger partial charge in [-0.3, -0.25) is 19.1 Å². The van der Waals surface area contributed by atoms with Crippen LogP contribution in [0.15, 0.2) is 33.9 Å². The Balaban J connectivity index is 2.23. The Bertz CT molecular complexity index is 1190. The van der Waals surface area contributed by atoms with E-state index in [0.717, 1.165) is 5.56 Å². The fourth-order valence-electron chi connectivity index (χ4n) is 2.93. The number of aromatic nitrogens is 3. The predicted octanol–water partition coefficient (Wildman–Crippen LogP) is 3.44. The minimum atomic E-state index is -0.639. The van der Waals surface area contributed by atoms with Gasteiger partial charge in [0.1, 0.15) is 0 Å². The van der Waals surface area contributed by atoms with Gasteiger partial charge in [0.05, 0.1) is 10.9 Å². The van der Waals surface area contributed by atoms with E-state index in [2.05, 4.69) is 15.3 Å². The first-order chi connectivity index (χ1) is 13.2. The molecule has 8 heteroatoms. The van der Waals surface area contributed by atoms with Gasteiger partial charge in [0.15, 0.2) is 5.65 Å². The zero-order valence-electron chi connectivity index (χ0n) is 16.1. The van der Waals surface area contributed by atoms with Gasteiger partial charge in [0.25, 0.3) is 11.5 Å². The van der Waals surface area contributed by atoms with E-state index in [9.17, 15) is 14.4 Å². The third-order valence-electron chi connectivity index (χ3n) is 4.55. The minimum Gasteiger partial charge on any atom is -0.322 e. The second-order valence-corrected chi connectivity index (χ2v) is 7.28. The number of aromatic amines is 1. The van der Waals surface area contributed by atoms with Crippen LogP contribution in [0.25, 0.3) is 11.0 Å². The summed E-state index contributed by atoms with van der Waals surface area (Å²) in [5, 5.41) is 3.38. The topological polar surface area (TPSA) is 96.9 Å². The molecule has 0 aliphatic heterocycles. The molecular formula is C20H21ClN4O3. The third kappa shape index (κ3) is 3.57. The van der Waals surface area contributed by atoms with Crippen LogP contribution in [0.1, 0.15) is 48.3 Å². The van der Waals surface area contributed by atoms with Crippen LogP contribution < -0.4 is 16.6 Å². The van der Waals surface area contributed by atoms with E-state index in [0.29, 0.717) is 22.9 Å². The molecule has 0 bridgehead atoms. The van der Waals surface area contributed by atoms with Gasteiger partial charge in [-0.05, 0) is 43.5 Å². The Morgan fingerprint density at radius 3 is 2.61 bits per heavy atom. The van der Waals surface area contributed by atoms with Crippen LogP contribution in [-0.2, 0) is 6.54 Å². The highest BCUT2D eigenvalue weighted by atomic mass is 35.5. The van der Waals surface area contributed by atoms with Crippen molar-refractivity contribution < 1.29 is 4.79 Å². The fraction of sp³-hybridized carbons (Fsp3) is 0.300. The highest BCUT2D eigenvalue weighted by Crippen LogP contribution is 2.23. The van der Waals surface area contributed by atoms with Gasteiger partial charge in [-0.15, -0.1) is 0 Å². The van der Waals surface area contributed by atoms with Crippen LogP contribution >= 0.6 is 11.6 Å². The molecule has 2 heterocycles.